The predicted molar refractivity (Wildman–Crippen MR) is 104 cm³/mol. The van der Waals surface area contributed by atoms with Crippen molar-refractivity contribution in [3.63, 3.8) is 0 Å². The number of nitrogens with zero attached hydrogens (tertiary/aromatic N) is 4. The lowest BCUT2D eigenvalue weighted by Gasteiger charge is -2.13. The summed E-state index contributed by atoms with van der Waals surface area (Å²) in [5.41, 5.74) is 1.89. The summed E-state index contributed by atoms with van der Waals surface area (Å²) in [5, 5.41) is 8.77. The Balaban J connectivity index is 1.79. The molecule has 130 valence electrons. The Morgan fingerprint density at radius 2 is 1.92 bits per heavy atom. The van der Waals surface area contributed by atoms with E-state index < -0.39 is 0 Å². The van der Waals surface area contributed by atoms with Crippen LogP contribution in [0.3, 0.4) is 0 Å². The highest BCUT2D eigenvalue weighted by atomic mass is 32.1. The van der Waals surface area contributed by atoms with Gasteiger partial charge in [0.25, 0.3) is 0 Å². The number of pyridine rings is 1. The predicted octanol–water partition coefficient (Wildman–Crippen LogP) is 3.19. The first-order valence-corrected chi connectivity index (χ1v) is 9.03. The fourth-order valence-corrected chi connectivity index (χ4v) is 2.91. The molecule has 3 rings (SSSR count). The fraction of sp³-hybridized carbons (Fsp3) is 0.278. The van der Waals surface area contributed by atoms with Gasteiger partial charge in [0.15, 0.2) is 0 Å². The normalized spacial score (nSPS) is 10.8. The van der Waals surface area contributed by atoms with Crippen LogP contribution in [0, 0.1) is 0 Å². The first kappa shape index (κ1) is 17.3. The van der Waals surface area contributed by atoms with Crippen LogP contribution in [-0.4, -0.2) is 47.0 Å². The lowest BCUT2D eigenvalue weighted by atomic mass is 10.2. The van der Waals surface area contributed by atoms with E-state index in [1.54, 1.807) is 23.7 Å². The van der Waals surface area contributed by atoms with Crippen LogP contribution in [0.5, 0.6) is 0 Å². The minimum Gasteiger partial charge on any atom is -0.365 e. The fourth-order valence-electron chi connectivity index (χ4n) is 2.27. The molecule has 6 nitrogen and oxygen atoms in total. The van der Waals surface area contributed by atoms with Gasteiger partial charge in [0, 0.05) is 42.0 Å². The third kappa shape index (κ3) is 5.23. The van der Waals surface area contributed by atoms with E-state index in [1.165, 1.54) is 4.88 Å². The molecular formula is C18H22N6S. The Kier molecular flexibility index (Phi) is 5.92. The Morgan fingerprint density at radius 3 is 2.64 bits per heavy atom. The second-order valence-corrected chi connectivity index (χ2v) is 6.89. The molecule has 0 aliphatic heterocycles. The molecule has 0 fully saturated rings. The number of rotatable bonds is 8. The van der Waals surface area contributed by atoms with Crippen LogP contribution in [0.25, 0.3) is 11.3 Å². The standard InChI is InChI=1S/C18H22N6S/c1-24(2)10-9-20-18-22-16(14-5-7-19-8-6-14)12-17(23-18)21-13-15-4-3-11-25-15/h3-8,11-12H,9-10,13H2,1-2H3,(H2,20,21,22,23). The molecule has 0 bridgehead atoms. The van der Waals surface area contributed by atoms with Crippen LogP contribution < -0.4 is 10.6 Å². The van der Waals surface area contributed by atoms with Gasteiger partial charge in [0.1, 0.15) is 5.82 Å². The van der Waals surface area contributed by atoms with Crippen molar-refractivity contribution >= 4 is 23.1 Å². The van der Waals surface area contributed by atoms with E-state index >= 15 is 0 Å². The number of nitrogens with one attached hydrogen (secondary N) is 2. The van der Waals surface area contributed by atoms with E-state index in [0.29, 0.717) is 5.95 Å². The summed E-state index contributed by atoms with van der Waals surface area (Å²) in [4.78, 5) is 16.7. The minimum absolute atomic E-state index is 0.629. The monoisotopic (exact) mass is 354 g/mol. The molecule has 0 unspecified atom stereocenters. The van der Waals surface area contributed by atoms with Crippen LogP contribution in [0.15, 0.2) is 48.1 Å². The van der Waals surface area contributed by atoms with Crippen molar-refractivity contribution in [3.05, 3.63) is 53.0 Å². The maximum Gasteiger partial charge on any atom is 0.225 e. The summed E-state index contributed by atoms with van der Waals surface area (Å²) in [7, 11) is 4.09. The Bertz CT molecular complexity index is 774. The van der Waals surface area contributed by atoms with Gasteiger partial charge < -0.3 is 15.5 Å². The third-order valence-electron chi connectivity index (χ3n) is 3.57. The maximum absolute atomic E-state index is 4.64. The van der Waals surface area contributed by atoms with Gasteiger partial charge in [-0.3, -0.25) is 4.98 Å². The van der Waals surface area contributed by atoms with Crippen LogP contribution >= 0.6 is 11.3 Å². The highest BCUT2D eigenvalue weighted by Gasteiger charge is 2.07. The molecule has 0 spiro atoms. The molecular weight excluding hydrogens is 332 g/mol. The quantitative estimate of drug-likeness (QED) is 0.648. The van der Waals surface area contributed by atoms with Gasteiger partial charge in [-0.25, -0.2) is 4.98 Å². The first-order chi connectivity index (χ1) is 12.2. The lowest BCUT2D eigenvalue weighted by molar-refractivity contribution is 0.425. The zero-order valence-electron chi connectivity index (χ0n) is 14.4. The number of hydrogen-bond acceptors (Lipinski definition) is 7. The van der Waals surface area contributed by atoms with Gasteiger partial charge >= 0.3 is 0 Å². The highest BCUT2D eigenvalue weighted by molar-refractivity contribution is 7.09. The van der Waals surface area contributed by atoms with Crippen molar-refractivity contribution in [3.8, 4) is 11.3 Å². The number of thiophene rings is 1. The largest absolute Gasteiger partial charge is 0.365 e. The summed E-state index contributed by atoms with van der Waals surface area (Å²) in [6.45, 7) is 2.46. The van der Waals surface area contributed by atoms with Crippen molar-refractivity contribution in [2.24, 2.45) is 0 Å². The number of aromatic nitrogens is 3. The molecule has 3 aromatic heterocycles. The van der Waals surface area contributed by atoms with Gasteiger partial charge in [-0.2, -0.15) is 4.98 Å². The van der Waals surface area contributed by atoms with E-state index in [4.69, 9.17) is 0 Å². The van der Waals surface area contributed by atoms with Gasteiger partial charge in [-0.1, -0.05) is 6.07 Å². The summed E-state index contributed by atoms with van der Waals surface area (Å²) >= 11 is 1.73. The van der Waals surface area contributed by atoms with Crippen molar-refractivity contribution in [2.45, 2.75) is 6.54 Å². The van der Waals surface area contributed by atoms with Gasteiger partial charge in [-0.15, -0.1) is 11.3 Å². The minimum atomic E-state index is 0.629. The lowest BCUT2D eigenvalue weighted by Crippen LogP contribution is -2.21. The molecule has 0 atom stereocenters. The number of anilines is 2. The first-order valence-electron chi connectivity index (χ1n) is 8.15. The van der Waals surface area contributed by atoms with Gasteiger partial charge in [0.05, 0.1) is 12.2 Å². The van der Waals surface area contributed by atoms with Crippen molar-refractivity contribution in [1.82, 2.24) is 19.9 Å². The average molecular weight is 354 g/mol. The highest BCUT2D eigenvalue weighted by Crippen LogP contribution is 2.21. The smallest absolute Gasteiger partial charge is 0.225 e. The van der Waals surface area contributed by atoms with Crippen LogP contribution in [-0.2, 0) is 6.54 Å². The zero-order chi connectivity index (χ0) is 17.5. The van der Waals surface area contributed by atoms with Gasteiger partial charge in [0.2, 0.25) is 5.95 Å². The van der Waals surface area contributed by atoms with Crippen molar-refractivity contribution in [2.75, 3.05) is 37.8 Å². The molecule has 7 heteroatoms. The zero-order valence-corrected chi connectivity index (χ0v) is 15.3. The van der Waals surface area contributed by atoms with E-state index in [9.17, 15) is 0 Å². The Hall–Kier alpha value is -2.51. The van der Waals surface area contributed by atoms with E-state index in [0.717, 1.165) is 36.7 Å². The molecule has 0 aromatic carbocycles. The van der Waals surface area contributed by atoms with Crippen molar-refractivity contribution < 1.29 is 0 Å². The van der Waals surface area contributed by atoms with E-state index in [-0.39, 0.29) is 0 Å². The molecule has 25 heavy (non-hydrogen) atoms. The van der Waals surface area contributed by atoms with E-state index in [1.807, 2.05) is 32.3 Å². The van der Waals surface area contributed by atoms with Crippen molar-refractivity contribution in [1.29, 1.82) is 0 Å². The molecule has 0 aliphatic rings. The maximum atomic E-state index is 4.64. The molecule has 3 heterocycles. The second kappa shape index (κ2) is 8.55. The third-order valence-corrected chi connectivity index (χ3v) is 4.44. The van der Waals surface area contributed by atoms with Gasteiger partial charge in [-0.05, 0) is 37.7 Å². The molecule has 0 saturated carbocycles. The second-order valence-electron chi connectivity index (χ2n) is 5.86. The Labute approximate surface area is 152 Å². The summed E-state index contributed by atoms with van der Waals surface area (Å²) in [6.07, 6.45) is 3.55. The SMILES string of the molecule is CN(C)CCNc1nc(NCc2cccs2)cc(-c2ccncc2)n1. The summed E-state index contributed by atoms with van der Waals surface area (Å²) in [5.74, 6) is 1.44. The summed E-state index contributed by atoms with van der Waals surface area (Å²) < 4.78 is 0. The van der Waals surface area contributed by atoms with Crippen LogP contribution in [0.1, 0.15) is 4.88 Å². The molecule has 3 aromatic rings. The topological polar surface area (TPSA) is 66.0 Å². The molecule has 0 amide bonds. The number of hydrogen-bond donors (Lipinski definition) is 2. The van der Waals surface area contributed by atoms with E-state index in [2.05, 4.69) is 48.0 Å². The Morgan fingerprint density at radius 1 is 1.08 bits per heavy atom. The summed E-state index contributed by atoms with van der Waals surface area (Å²) in [6, 6.07) is 10.0. The molecule has 0 radical (unpaired) electrons. The van der Waals surface area contributed by atoms with Crippen LogP contribution in [0.4, 0.5) is 11.8 Å². The number of likely N-dealkylation sites (N-methyl/N-ethyl adjacent to an activating group) is 1. The van der Waals surface area contributed by atoms with Crippen LogP contribution in [0.2, 0.25) is 0 Å². The molecule has 2 N–H and O–H groups in total. The molecule has 0 aliphatic carbocycles. The molecule has 0 saturated heterocycles. The average Bonchev–Trinajstić information content (AvgIpc) is 3.14.